The second-order valence-corrected chi connectivity index (χ2v) is 5.26. The Bertz CT molecular complexity index is 452. The van der Waals surface area contributed by atoms with E-state index in [9.17, 15) is 10.2 Å². The van der Waals surface area contributed by atoms with E-state index in [4.69, 9.17) is 5.26 Å². The fourth-order valence-corrected chi connectivity index (χ4v) is 2.72. The summed E-state index contributed by atoms with van der Waals surface area (Å²) in [6.45, 7) is 3.72. The second-order valence-electron chi connectivity index (χ2n) is 5.26. The van der Waals surface area contributed by atoms with Gasteiger partial charge in [-0.3, -0.25) is 4.90 Å². The molecule has 0 amide bonds. The lowest BCUT2D eigenvalue weighted by Gasteiger charge is -2.27. The first-order chi connectivity index (χ1) is 9.15. The van der Waals surface area contributed by atoms with Crippen LogP contribution >= 0.6 is 0 Å². The van der Waals surface area contributed by atoms with Gasteiger partial charge in [-0.25, -0.2) is 0 Å². The molecule has 0 spiro atoms. The van der Waals surface area contributed by atoms with Gasteiger partial charge in [0.2, 0.25) is 0 Å². The van der Waals surface area contributed by atoms with Crippen LogP contribution in [-0.4, -0.2) is 40.9 Å². The lowest BCUT2D eigenvalue weighted by atomic mass is 10.0. The number of hydrogen-bond acceptors (Lipinski definition) is 4. The molecule has 4 heteroatoms. The number of aliphatic hydroxyl groups excluding tert-OH is 2. The minimum atomic E-state index is -0.577. The maximum Gasteiger partial charge on any atom is 0.0991 e. The highest BCUT2D eigenvalue weighted by molar-refractivity contribution is 5.32. The highest BCUT2D eigenvalue weighted by Crippen LogP contribution is 2.26. The fourth-order valence-electron chi connectivity index (χ4n) is 2.72. The van der Waals surface area contributed by atoms with Crippen molar-refractivity contribution in [1.82, 2.24) is 4.90 Å². The molecule has 3 atom stereocenters. The molecule has 4 nitrogen and oxygen atoms in total. The average molecular weight is 260 g/mol. The first kappa shape index (κ1) is 14.0. The van der Waals surface area contributed by atoms with Crippen molar-refractivity contribution in [1.29, 1.82) is 5.26 Å². The van der Waals surface area contributed by atoms with Crippen LogP contribution in [0.25, 0.3) is 0 Å². The molecule has 1 aliphatic rings. The molecular weight excluding hydrogens is 240 g/mol. The van der Waals surface area contributed by atoms with Gasteiger partial charge in [0.25, 0.3) is 0 Å². The third kappa shape index (κ3) is 3.13. The minimum Gasteiger partial charge on any atom is -0.395 e. The Morgan fingerprint density at radius 3 is 2.68 bits per heavy atom. The van der Waals surface area contributed by atoms with Crippen LogP contribution in [0.1, 0.15) is 30.6 Å². The van der Waals surface area contributed by atoms with Crippen molar-refractivity contribution in [3.63, 3.8) is 0 Å². The predicted molar refractivity (Wildman–Crippen MR) is 72.3 cm³/mol. The van der Waals surface area contributed by atoms with E-state index in [1.54, 1.807) is 24.3 Å². The van der Waals surface area contributed by atoms with Crippen LogP contribution in [0.2, 0.25) is 0 Å². The second kappa shape index (κ2) is 6.16. The van der Waals surface area contributed by atoms with Gasteiger partial charge in [0.15, 0.2) is 0 Å². The first-order valence-electron chi connectivity index (χ1n) is 6.68. The number of hydrogen-bond donors (Lipinski definition) is 2. The Morgan fingerprint density at radius 1 is 1.42 bits per heavy atom. The van der Waals surface area contributed by atoms with Crippen molar-refractivity contribution >= 4 is 0 Å². The Morgan fingerprint density at radius 2 is 2.11 bits per heavy atom. The Kier molecular flexibility index (Phi) is 4.54. The van der Waals surface area contributed by atoms with Crippen LogP contribution in [0, 0.1) is 17.2 Å². The molecule has 1 heterocycles. The number of nitrogens with zero attached hydrogens (tertiary/aromatic N) is 2. The zero-order chi connectivity index (χ0) is 13.8. The smallest absolute Gasteiger partial charge is 0.0991 e. The number of nitriles is 1. The van der Waals surface area contributed by atoms with Gasteiger partial charge < -0.3 is 10.2 Å². The molecule has 1 saturated heterocycles. The van der Waals surface area contributed by atoms with Crippen LogP contribution in [0.5, 0.6) is 0 Å². The number of likely N-dealkylation sites (tertiary alicyclic amines) is 1. The number of benzene rings is 1. The van der Waals surface area contributed by atoms with Crippen molar-refractivity contribution in [3.8, 4) is 6.07 Å². The van der Waals surface area contributed by atoms with E-state index in [1.165, 1.54) is 0 Å². The van der Waals surface area contributed by atoms with Gasteiger partial charge in [-0.2, -0.15) is 5.26 Å². The van der Waals surface area contributed by atoms with Gasteiger partial charge in [0.05, 0.1) is 24.3 Å². The number of β-amino-alcohol motifs (C(OH)–C–C–N with tert-alkyl or cyclic N) is 1. The molecule has 0 radical (unpaired) electrons. The molecule has 0 bridgehead atoms. The van der Waals surface area contributed by atoms with Crippen molar-refractivity contribution in [2.75, 3.05) is 19.7 Å². The lowest BCUT2D eigenvalue weighted by Crippen LogP contribution is -2.37. The van der Waals surface area contributed by atoms with Crippen LogP contribution < -0.4 is 0 Å². The normalized spacial score (nSPS) is 25.2. The van der Waals surface area contributed by atoms with Gasteiger partial charge >= 0.3 is 0 Å². The van der Waals surface area contributed by atoms with Gasteiger partial charge in [-0.05, 0) is 36.6 Å². The van der Waals surface area contributed by atoms with Gasteiger partial charge in [0.1, 0.15) is 0 Å². The maximum absolute atomic E-state index is 10.2. The maximum atomic E-state index is 10.2. The highest BCUT2D eigenvalue weighted by atomic mass is 16.3. The SMILES string of the molecule is CC1CCN(CC(O)c2ccc(C#N)cc2)C1CO. The molecule has 1 fully saturated rings. The van der Waals surface area contributed by atoms with E-state index in [-0.39, 0.29) is 12.6 Å². The fraction of sp³-hybridized carbons (Fsp3) is 0.533. The summed E-state index contributed by atoms with van der Waals surface area (Å²) in [5, 5.41) is 28.4. The molecule has 3 unspecified atom stereocenters. The van der Waals surface area contributed by atoms with E-state index in [0.29, 0.717) is 18.0 Å². The average Bonchev–Trinajstić information content (AvgIpc) is 2.79. The molecule has 1 aliphatic heterocycles. The van der Waals surface area contributed by atoms with Crippen molar-refractivity contribution < 1.29 is 10.2 Å². The molecule has 102 valence electrons. The summed E-state index contributed by atoms with van der Waals surface area (Å²) in [4.78, 5) is 2.15. The standard InChI is InChI=1S/C15H20N2O2/c1-11-6-7-17(14(11)10-18)9-15(19)13-4-2-12(8-16)3-5-13/h2-5,11,14-15,18-19H,6-7,9-10H2,1H3. The molecule has 0 aliphatic carbocycles. The van der Waals surface area contributed by atoms with Crippen molar-refractivity contribution in [2.24, 2.45) is 5.92 Å². The van der Waals surface area contributed by atoms with Crippen LogP contribution in [0.4, 0.5) is 0 Å². The number of aliphatic hydroxyl groups is 2. The molecule has 0 saturated carbocycles. The molecule has 19 heavy (non-hydrogen) atoms. The van der Waals surface area contributed by atoms with Crippen molar-refractivity contribution in [3.05, 3.63) is 35.4 Å². The summed E-state index contributed by atoms with van der Waals surface area (Å²) < 4.78 is 0. The summed E-state index contributed by atoms with van der Waals surface area (Å²) in [5.41, 5.74) is 1.41. The van der Waals surface area contributed by atoms with E-state index in [0.717, 1.165) is 18.5 Å². The monoisotopic (exact) mass is 260 g/mol. The van der Waals surface area contributed by atoms with Crippen LogP contribution in [0.15, 0.2) is 24.3 Å². The summed E-state index contributed by atoms with van der Waals surface area (Å²) in [6.07, 6.45) is 0.484. The molecule has 0 aromatic heterocycles. The Labute approximate surface area is 113 Å². The minimum absolute atomic E-state index is 0.140. The summed E-state index contributed by atoms with van der Waals surface area (Å²) in [5.74, 6) is 0.471. The molecule has 1 aromatic rings. The lowest BCUT2D eigenvalue weighted by molar-refractivity contribution is 0.0763. The molecule has 1 aromatic carbocycles. The first-order valence-corrected chi connectivity index (χ1v) is 6.68. The quantitative estimate of drug-likeness (QED) is 0.856. The van der Waals surface area contributed by atoms with Gasteiger partial charge in [0, 0.05) is 12.6 Å². The number of rotatable bonds is 4. The summed E-state index contributed by atoms with van der Waals surface area (Å²) in [6, 6.07) is 9.22. The van der Waals surface area contributed by atoms with E-state index >= 15 is 0 Å². The van der Waals surface area contributed by atoms with Crippen LogP contribution in [0.3, 0.4) is 0 Å². The topological polar surface area (TPSA) is 67.5 Å². The molecule has 2 rings (SSSR count). The highest BCUT2D eigenvalue weighted by Gasteiger charge is 2.31. The Hall–Kier alpha value is -1.41. The summed E-state index contributed by atoms with van der Waals surface area (Å²) >= 11 is 0. The zero-order valence-corrected chi connectivity index (χ0v) is 11.2. The van der Waals surface area contributed by atoms with E-state index < -0.39 is 6.10 Å². The molecule has 2 N–H and O–H groups in total. The zero-order valence-electron chi connectivity index (χ0n) is 11.2. The van der Waals surface area contributed by atoms with Crippen LogP contribution in [-0.2, 0) is 0 Å². The molecular formula is C15H20N2O2. The third-order valence-electron chi connectivity index (χ3n) is 4.02. The third-order valence-corrected chi connectivity index (χ3v) is 4.02. The van der Waals surface area contributed by atoms with Gasteiger partial charge in [-0.1, -0.05) is 19.1 Å². The largest absolute Gasteiger partial charge is 0.395 e. The van der Waals surface area contributed by atoms with E-state index in [1.807, 2.05) is 0 Å². The van der Waals surface area contributed by atoms with Crippen molar-refractivity contribution in [2.45, 2.75) is 25.5 Å². The van der Waals surface area contributed by atoms with E-state index in [2.05, 4.69) is 17.9 Å². The van der Waals surface area contributed by atoms with Gasteiger partial charge in [-0.15, -0.1) is 0 Å². The summed E-state index contributed by atoms with van der Waals surface area (Å²) in [7, 11) is 0. The predicted octanol–water partition coefficient (Wildman–Crippen LogP) is 1.29. The Balaban J connectivity index is 2.00.